The van der Waals surface area contributed by atoms with E-state index in [1.165, 1.54) is 12.5 Å². The van der Waals surface area contributed by atoms with Gasteiger partial charge < -0.3 is 9.47 Å². The Bertz CT molecular complexity index is 778. The molecule has 0 amide bonds. The van der Waals surface area contributed by atoms with Gasteiger partial charge in [-0.25, -0.2) is 0 Å². The second-order valence-electron chi connectivity index (χ2n) is 6.96. The normalized spacial score (nSPS) is 12.6. The Labute approximate surface area is 175 Å². The highest BCUT2D eigenvalue weighted by Crippen LogP contribution is 2.40. The van der Waals surface area contributed by atoms with Crippen molar-refractivity contribution in [3.05, 3.63) is 63.1 Å². The molecule has 27 heavy (non-hydrogen) atoms. The summed E-state index contributed by atoms with van der Waals surface area (Å²) in [5, 5.41) is 0.794. The number of carbonyl (C=O) groups is 1. The molecule has 0 saturated carbocycles. The molecule has 0 aromatic heterocycles. The first-order valence-electron chi connectivity index (χ1n) is 8.57. The van der Waals surface area contributed by atoms with Crippen molar-refractivity contribution in [2.45, 2.75) is 39.2 Å². The zero-order valence-electron chi connectivity index (χ0n) is 15.8. The minimum absolute atomic E-state index is 0.0726. The molecule has 2 aromatic rings. The lowest BCUT2D eigenvalue weighted by Gasteiger charge is -2.27. The van der Waals surface area contributed by atoms with Crippen LogP contribution in [0.15, 0.2) is 36.4 Å². The topological polar surface area (TPSA) is 35.5 Å². The Morgan fingerprint density at radius 3 is 2.11 bits per heavy atom. The van der Waals surface area contributed by atoms with Crippen molar-refractivity contribution < 1.29 is 14.3 Å². The van der Waals surface area contributed by atoms with E-state index in [9.17, 15) is 4.79 Å². The molecule has 6 heteroatoms. The van der Waals surface area contributed by atoms with E-state index in [0.717, 1.165) is 11.1 Å². The van der Waals surface area contributed by atoms with Crippen molar-refractivity contribution in [1.82, 2.24) is 0 Å². The zero-order chi connectivity index (χ0) is 20.2. The Morgan fingerprint density at radius 2 is 1.63 bits per heavy atom. The van der Waals surface area contributed by atoms with Crippen molar-refractivity contribution in [3.63, 3.8) is 0 Å². The number of aryl methyl sites for hydroxylation is 1. The zero-order valence-corrected chi connectivity index (χ0v) is 18.1. The van der Waals surface area contributed by atoms with Crippen LogP contribution in [0.25, 0.3) is 0 Å². The van der Waals surface area contributed by atoms with Crippen LogP contribution in [0.1, 0.15) is 37.5 Å². The summed E-state index contributed by atoms with van der Waals surface area (Å²) in [5.74, 6) is 0.0496. The van der Waals surface area contributed by atoms with Gasteiger partial charge in [0.15, 0.2) is 5.75 Å². The number of halogens is 3. The number of hydrogen-bond donors (Lipinski definition) is 0. The summed E-state index contributed by atoms with van der Waals surface area (Å²) in [6.07, 6.45) is -0.569. The van der Waals surface area contributed by atoms with Crippen LogP contribution >= 0.6 is 34.8 Å². The second-order valence-corrected chi connectivity index (χ2v) is 8.08. The Hall–Kier alpha value is -1.42. The van der Waals surface area contributed by atoms with Crippen LogP contribution in [0, 0.1) is 6.92 Å². The van der Waals surface area contributed by atoms with E-state index >= 15 is 0 Å². The number of ether oxygens (including phenoxy) is 2. The molecule has 0 spiro atoms. The van der Waals surface area contributed by atoms with Gasteiger partial charge in [0.05, 0.1) is 15.9 Å². The molecule has 2 rings (SSSR count). The maximum Gasteiger partial charge on any atom is 0.303 e. The van der Waals surface area contributed by atoms with E-state index in [2.05, 4.69) is 45.0 Å². The van der Waals surface area contributed by atoms with Gasteiger partial charge in [0.2, 0.25) is 0 Å². The molecule has 3 nitrogen and oxygen atoms in total. The van der Waals surface area contributed by atoms with Crippen molar-refractivity contribution in [3.8, 4) is 5.75 Å². The first-order valence-corrected chi connectivity index (χ1v) is 9.86. The molecule has 0 fully saturated rings. The highest BCUT2D eigenvalue weighted by molar-refractivity contribution is 6.37. The fraction of sp³-hybridized carbons (Fsp3) is 0.381. The van der Waals surface area contributed by atoms with E-state index in [1.807, 2.05) is 12.1 Å². The SMILES string of the molecule is CC(=O)OC(CCl)COc1c(Cl)cc(C(C)(C)c2ccc(C)cc2)cc1Cl. The number of alkyl halides is 1. The van der Waals surface area contributed by atoms with Crippen LogP contribution < -0.4 is 4.74 Å². The van der Waals surface area contributed by atoms with Crippen molar-refractivity contribution in [2.24, 2.45) is 0 Å². The molecule has 0 heterocycles. The summed E-state index contributed by atoms with van der Waals surface area (Å²) < 4.78 is 10.7. The van der Waals surface area contributed by atoms with Crippen LogP contribution in [0.2, 0.25) is 10.0 Å². The molecule has 146 valence electrons. The summed E-state index contributed by atoms with van der Waals surface area (Å²) in [7, 11) is 0. The summed E-state index contributed by atoms with van der Waals surface area (Å²) in [6, 6.07) is 12.1. The third-order valence-corrected chi connectivity index (χ3v) is 5.32. The first kappa shape index (κ1) is 21.9. The fourth-order valence-corrected chi connectivity index (χ4v) is 3.46. The Kier molecular flexibility index (Phi) is 7.44. The van der Waals surface area contributed by atoms with Crippen LogP contribution in [0.5, 0.6) is 5.75 Å². The molecule has 0 aliphatic rings. The third-order valence-electron chi connectivity index (χ3n) is 4.41. The molecule has 0 N–H and O–H groups in total. The molecule has 0 radical (unpaired) electrons. The highest BCUT2D eigenvalue weighted by Gasteiger charge is 2.26. The van der Waals surface area contributed by atoms with E-state index in [4.69, 9.17) is 44.3 Å². The van der Waals surface area contributed by atoms with Gasteiger partial charge in [-0.15, -0.1) is 11.6 Å². The second kappa shape index (κ2) is 9.18. The van der Waals surface area contributed by atoms with Gasteiger partial charge in [-0.05, 0) is 30.2 Å². The van der Waals surface area contributed by atoms with Gasteiger partial charge in [-0.2, -0.15) is 0 Å². The summed E-state index contributed by atoms with van der Waals surface area (Å²) in [4.78, 5) is 11.1. The summed E-state index contributed by atoms with van der Waals surface area (Å²) in [5.41, 5.74) is 3.06. The number of carbonyl (C=O) groups excluding carboxylic acids is 1. The summed E-state index contributed by atoms with van der Waals surface area (Å²) >= 11 is 18.7. The maximum atomic E-state index is 11.1. The molecule has 0 aliphatic carbocycles. The van der Waals surface area contributed by atoms with Gasteiger partial charge in [-0.1, -0.05) is 66.9 Å². The van der Waals surface area contributed by atoms with E-state index in [1.54, 1.807) is 0 Å². The summed E-state index contributed by atoms with van der Waals surface area (Å²) in [6.45, 7) is 7.68. The molecule has 0 saturated heterocycles. The largest absolute Gasteiger partial charge is 0.487 e. The van der Waals surface area contributed by atoms with E-state index < -0.39 is 12.1 Å². The minimum atomic E-state index is -0.569. The lowest BCUT2D eigenvalue weighted by molar-refractivity contribution is -0.146. The van der Waals surface area contributed by atoms with E-state index in [-0.39, 0.29) is 17.9 Å². The molecule has 0 bridgehead atoms. The maximum absolute atomic E-state index is 11.1. The van der Waals surface area contributed by atoms with Crippen LogP contribution in [-0.4, -0.2) is 24.6 Å². The van der Waals surface area contributed by atoms with Crippen molar-refractivity contribution >= 4 is 40.8 Å². The predicted molar refractivity (Wildman–Crippen MR) is 112 cm³/mol. The molecule has 1 unspecified atom stereocenters. The van der Waals surface area contributed by atoms with Gasteiger partial charge in [0.25, 0.3) is 0 Å². The van der Waals surface area contributed by atoms with Crippen molar-refractivity contribution in [2.75, 3.05) is 12.5 Å². The molecular formula is C21H23Cl3O3. The predicted octanol–water partition coefficient (Wildman–Crippen LogP) is 6.18. The Morgan fingerprint density at radius 1 is 1.07 bits per heavy atom. The number of esters is 1. The van der Waals surface area contributed by atoms with Crippen LogP contribution in [0.4, 0.5) is 0 Å². The average molecular weight is 430 g/mol. The van der Waals surface area contributed by atoms with Crippen LogP contribution in [0.3, 0.4) is 0 Å². The number of benzene rings is 2. The molecule has 1 atom stereocenters. The van der Waals surface area contributed by atoms with Crippen molar-refractivity contribution in [1.29, 1.82) is 0 Å². The third kappa shape index (κ3) is 5.54. The minimum Gasteiger partial charge on any atom is -0.487 e. The smallest absolute Gasteiger partial charge is 0.303 e. The monoisotopic (exact) mass is 428 g/mol. The lowest BCUT2D eigenvalue weighted by atomic mass is 9.78. The standard InChI is InChI=1S/C21H23Cl3O3/c1-13-5-7-15(8-6-13)21(3,4)16-9-18(23)20(19(24)10-16)26-12-17(11-22)27-14(2)25/h5-10,17H,11-12H2,1-4H3. The van der Waals surface area contributed by atoms with Crippen LogP contribution in [-0.2, 0) is 14.9 Å². The molecule has 2 aromatic carbocycles. The fourth-order valence-electron chi connectivity index (χ4n) is 2.72. The van der Waals surface area contributed by atoms with Gasteiger partial charge in [-0.3, -0.25) is 4.79 Å². The lowest BCUT2D eigenvalue weighted by Crippen LogP contribution is -2.26. The Balaban J connectivity index is 2.25. The first-order chi connectivity index (χ1) is 12.6. The van der Waals surface area contributed by atoms with Gasteiger partial charge >= 0.3 is 5.97 Å². The van der Waals surface area contributed by atoms with E-state index in [0.29, 0.717) is 15.8 Å². The molecular weight excluding hydrogens is 407 g/mol. The quantitative estimate of drug-likeness (QED) is 0.389. The van der Waals surface area contributed by atoms with Gasteiger partial charge in [0, 0.05) is 12.3 Å². The highest BCUT2D eigenvalue weighted by atomic mass is 35.5. The average Bonchev–Trinajstić information content (AvgIpc) is 2.59. The molecule has 0 aliphatic heterocycles. The van der Waals surface area contributed by atoms with Gasteiger partial charge in [0.1, 0.15) is 12.7 Å². The number of hydrogen-bond acceptors (Lipinski definition) is 3. The number of rotatable bonds is 7.